The van der Waals surface area contributed by atoms with Gasteiger partial charge in [-0.1, -0.05) is 49.1 Å². The van der Waals surface area contributed by atoms with Gasteiger partial charge < -0.3 is 9.84 Å². The van der Waals surface area contributed by atoms with Crippen LogP contribution in [0.4, 0.5) is 21.0 Å². The van der Waals surface area contributed by atoms with E-state index in [0.717, 1.165) is 5.69 Å². The van der Waals surface area contributed by atoms with Gasteiger partial charge in [-0.25, -0.2) is 9.59 Å². The van der Waals surface area contributed by atoms with Crippen molar-refractivity contribution in [2.75, 3.05) is 23.4 Å². The van der Waals surface area contributed by atoms with Gasteiger partial charge in [0.15, 0.2) is 0 Å². The van der Waals surface area contributed by atoms with Crippen LogP contribution in [0.25, 0.3) is 0 Å². The molecule has 0 spiro atoms. The first-order chi connectivity index (χ1) is 12.1. The molecule has 0 atom stereocenters. The number of hydrogen-bond acceptors (Lipinski definition) is 3. The fourth-order valence-corrected chi connectivity index (χ4v) is 1.85. The summed E-state index contributed by atoms with van der Waals surface area (Å²) in [6.45, 7) is 5.93. The molecule has 2 aromatic carbocycles. The number of amides is 2. The van der Waals surface area contributed by atoms with E-state index in [1.807, 2.05) is 36.4 Å². The van der Waals surface area contributed by atoms with Gasteiger partial charge in [0.2, 0.25) is 0 Å². The Morgan fingerprint density at radius 3 is 2.16 bits per heavy atom. The van der Waals surface area contributed by atoms with Gasteiger partial charge >= 0.3 is 12.2 Å². The zero-order valence-electron chi connectivity index (χ0n) is 14.1. The zero-order chi connectivity index (χ0) is 18.5. The number of ether oxygens (including phenoxy) is 1. The molecule has 0 aliphatic carbocycles. The largest absolute Gasteiger partial charge is 0.465 e. The van der Waals surface area contributed by atoms with E-state index in [2.05, 4.69) is 11.9 Å². The third kappa shape index (κ3) is 7.69. The minimum atomic E-state index is -0.913. The van der Waals surface area contributed by atoms with Crippen molar-refractivity contribution in [3.63, 3.8) is 0 Å². The van der Waals surface area contributed by atoms with Crippen LogP contribution in [0.15, 0.2) is 73.3 Å². The Labute approximate surface area is 147 Å². The zero-order valence-corrected chi connectivity index (χ0v) is 14.1. The molecule has 132 valence electrons. The lowest BCUT2D eigenvalue weighted by molar-refractivity contribution is 0.174. The third-order valence-electron chi connectivity index (χ3n) is 2.97. The van der Waals surface area contributed by atoms with Crippen LogP contribution in [0, 0.1) is 0 Å². The number of nitrogens with zero attached hydrogens (tertiary/aromatic N) is 1. The number of rotatable bonds is 5. The van der Waals surface area contributed by atoms with E-state index < -0.39 is 12.2 Å². The molecule has 0 radical (unpaired) electrons. The maximum atomic E-state index is 11.0. The van der Waals surface area contributed by atoms with E-state index in [4.69, 9.17) is 9.84 Å². The molecule has 0 aliphatic rings. The average molecular weight is 342 g/mol. The minimum Gasteiger partial charge on any atom is -0.465 e. The lowest BCUT2D eigenvalue weighted by atomic mass is 10.3. The Hall–Kier alpha value is -3.28. The molecular formula is C19H22N2O4. The van der Waals surface area contributed by atoms with E-state index >= 15 is 0 Å². The molecule has 0 aromatic heterocycles. The fraction of sp³-hybridized carbons (Fsp3) is 0.158. The number of nitrogens with one attached hydrogen (secondary N) is 1. The first kappa shape index (κ1) is 19.8. The van der Waals surface area contributed by atoms with Crippen molar-refractivity contribution < 1.29 is 19.4 Å². The smallest absolute Gasteiger partial charge is 0.411 e. The highest BCUT2D eigenvalue weighted by molar-refractivity contribution is 5.85. The molecule has 2 rings (SSSR count). The molecule has 0 saturated heterocycles. The first-order valence-corrected chi connectivity index (χ1v) is 7.73. The topological polar surface area (TPSA) is 78.9 Å². The van der Waals surface area contributed by atoms with Crippen LogP contribution < -0.4 is 10.2 Å². The Morgan fingerprint density at radius 1 is 1.12 bits per heavy atom. The Morgan fingerprint density at radius 2 is 1.68 bits per heavy atom. The molecule has 0 saturated carbocycles. The maximum absolute atomic E-state index is 11.0. The van der Waals surface area contributed by atoms with Crippen molar-refractivity contribution in [1.82, 2.24) is 0 Å². The Balaban J connectivity index is 0.000000251. The van der Waals surface area contributed by atoms with Crippen LogP contribution in [0.1, 0.15) is 6.92 Å². The highest BCUT2D eigenvalue weighted by Crippen LogP contribution is 2.12. The van der Waals surface area contributed by atoms with Gasteiger partial charge in [0, 0.05) is 17.9 Å². The highest BCUT2D eigenvalue weighted by atomic mass is 16.5. The van der Waals surface area contributed by atoms with Gasteiger partial charge in [-0.15, -0.1) is 0 Å². The summed E-state index contributed by atoms with van der Waals surface area (Å²) in [5.74, 6) is 0. The normalized spacial score (nSPS) is 9.16. The summed E-state index contributed by atoms with van der Waals surface area (Å²) < 4.78 is 4.73. The van der Waals surface area contributed by atoms with Crippen LogP contribution in [0.5, 0.6) is 0 Å². The molecule has 6 heteroatoms. The highest BCUT2D eigenvalue weighted by Gasteiger charge is 2.09. The van der Waals surface area contributed by atoms with Crippen molar-refractivity contribution in [2.24, 2.45) is 0 Å². The molecular weight excluding hydrogens is 320 g/mol. The number of para-hydroxylation sites is 2. The molecule has 2 amide bonds. The summed E-state index contributed by atoms with van der Waals surface area (Å²) in [6.07, 6.45) is 0.139. The van der Waals surface area contributed by atoms with Crippen molar-refractivity contribution in [3.8, 4) is 0 Å². The van der Waals surface area contributed by atoms with Gasteiger partial charge in [0.05, 0.1) is 0 Å². The predicted octanol–water partition coefficient (Wildman–Crippen LogP) is 4.61. The molecule has 6 nitrogen and oxygen atoms in total. The molecule has 0 unspecified atom stereocenters. The third-order valence-corrected chi connectivity index (χ3v) is 2.97. The van der Waals surface area contributed by atoms with Gasteiger partial charge in [0.25, 0.3) is 0 Å². The summed E-state index contributed by atoms with van der Waals surface area (Å²) in [4.78, 5) is 22.9. The number of hydrogen-bond donors (Lipinski definition) is 2. The Kier molecular flexibility index (Phi) is 8.92. The van der Waals surface area contributed by atoms with Gasteiger partial charge in [-0.2, -0.15) is 0 Å². The Bertz CT molecular complexity index is 660. The number of carboxylic acid groups (broad SMARTS) is 1. The minimum absolute atomic E-state index is 0.221. The van der Waals surface area contributed by atoms with Crippen molar-refractivity contribution in [3.05, 3.63) is 73.3 Å². The number of benzene rings is 2. The molecule has 2 aromatic rings. The monoisotopic (exact) mass is 342 g/mol. The predicted molar refractivity (Wildman–Crippen MR) is 99.1 cm³/mol. The second kappa shape index (κ2) is 11.3. The van der Waals surface area contributed by atoms with E-state index in [1.54, 1.807) is 31.2 Å². The van der Waals surface area contributed by atoms with Crippen LogP contribution in [-0.4, -0.2) is 30.4 Å². The lowest BCUT2D eigenvalue weighted by Crippen LogP contribution is -2.28. The summed E-state index contributed by atoms with van der Waals surface area (Å²) in [5.41, 5.74) is 1.43. The van der Waals surface area contributed by atoms with Crippen molar-refractivity contribution in [1.29, 1.82) is 0 Å². The van der Waals surface area contributed by atoms with Gasteiger partial charge in [-0.3, -0.25) is 10.2 Å². The van der Waals surface area contributed by atoms with Gasteiger partial charge in [-0.05, 0) is 31.2 Å². The van der Waals surface area contributed by atoms with E-state index in [9.17, 15) is 9.59 Å². The van der Waals surface area contributed by atoms with E-state index in [1.165, 1.54) is 11.0 Å². The second-order valence-corrected chi connectivity index (χ2v) is 4.74. The molecule has 2 N–H and O–H groups in total. The van der Waals surface area contributed by atoms with Crippen LogP contribution >= 0.6 is 0 Å². The molecule has 0 bridgehead atoms. The van der Waals surface area contributed by atoms with Crippen LogP contribution in [0.2, 0.25) is 0 Å². The van der Waals surface area contributed by atoms with Gasteiger partial charge in [0.1, 0.15) is 6.61 Å². The standard InChI is InChI=1S/C10H11NO2.C9H11NO2/c1-2-8-13-10(12)11-9-6-4-3-5-7-9;1-2-10(9(11)12)8-6-4-3-5-7-8/h2-7H,1,8H2,(H,11,12);3-7H,2H2,1H3,(H,11,12). The molecule has 0 fully saturated rings. The molecule has 0 heterocycles. The van der Waals surface area contributed by atoms with Crippen molar-refractivity contribution >= 4 is 23.6 Å². The van der Waals surface area contributed by atoms with E-state index in [0.29, 0.717) is 12.2 Å². The van der Waals surface area contributed by atoms with E-state index in [-0.39, 0.29) is 6.61 Å². The molecule has 0 aliphatic heterocycles. The van der Waals surface area contributed by atoms with Crippen LogP contribution in [-0.2, 0) is 4.74 Å². The average Bonchev–Trinajstić information content (AvgIpc) is 2.62. The summed E-state index contributed by atoms with van der Waals surface area (Å²) >= 11 is 0. The second-order valence-electron chi connectivity index (χ2n) is 4.74. The summed E-state index contributed by atoms with van der Waals surface area (Å²) in [6, 6.07) is 18.2. The fourth-order valence-electron chi connectivity index (χ4n) is 1.85. The summed E-state index contributed by atoms with van der Waals surface area (Å²) in [5, 5.41) is 11.3. The number of carbonyl (C=O) groups is 2. The maximum Gasteiger partial charge on any atom is 0.411 e. The SMILES string of the molecule is C=CCOC(=O)Nc1ccccc1.CCN(C(=O)O)c1ccccc1. The van der Waals surface area contributed by atoms with Crippen molar-refractivity contribution in [2.45, 2.75) is 6.92 Å². The number of anilines is 2. The van der Waals surface area contributed by atoms with Crippen LogP contribution in [0.3, 0.4) is 0 Å². The number of carbonyl (C=O) groups excluding carboxylic acids is 1. The quantitative estimate of drug-likeness (QED) is 0.778. The first-order valence-electron chi connectivity index (χ1n) is 7.73. The summed E-state index contributed by atoms with van der Waals surface area (Å²) in [7, 11) is 0. The lowest BCUT2D eigenvalue weighted by Gasteiger charge is -2.16. The molecule has 25 heavy (non-hydrogen) atoms.